The van der Waals surface area contributed by atoms with Gasteiger partial charge in [0.15, 0.2) is 5.16 Å². The number of nitrogens with one attached hydrogen (secondary N) is 1. The van der Waals surface area contributed by atoms with Gasteiger partial charge in [0, 0.05) is 24.2 Å². The van der Waals surface area contributed by atoms with Gasteiger partial charge in [0.2, 0.25) is 5.91 Å². The first-order valence-corrected chi connectivity index (χ1v) is 11.2. The van der Waals surface area contributed by atoms with Crippen LogP contribution in [0.15, 0.2) is 65.8 Å². The molecule has 1 amide bonds. The van der Waals surface area contributed by atoms with Crippen molar-refractivity contribution in [3.63, 3.8) is 0 Å². The van der Waals surface area contributed by atoms with Gasteiger partial charge in [0.25, 0.3) is 0 Å². The molecule has 2 atom stereocenters. The van der Waals surface area contributed by atoms with E-state index in [1.807, 2.05) is 41.3 Å². The number of carbonyl (C=O) groups excluding carboxylic acids is 1. The summed E-state index contributed by atoms with van der Waals surface area (Å²) in [7, 11) is 0. The molecule has 1 aliphatic rings. The van der Waals surface area contributed by atoms with Crippen LogP contribution in [-0.2, 0) is 4.79 Å². The second-order valence-corrected chi connectivity index (χ2v) is 9.00. The zero-order valence-electron chi connectivity index (χ0n) is 17.0. The Balaban J connectivity index is 1.54. The Morgan fingerprint density at radius 2 is 1.59 bits per heavy atom. The summed E-state index contributed by atoms with van der Waals surface area (Å²) in [5.41, 5.74) is 4.08. The molecular formula is C24H27N3OS. The summed E-state index contributed by atoms with van der Waals surface area (Å²) in [5.74, 6) is 1.76. The van der Waals surface area contributed by atoms with Crippen LogP contribution in [0.25, 0.3) is 22.5 Å². The van der Waals surface area contributed by atoms with Crippen molar-refractivity contribution in [2.75, 3.05) is 18.8 Å². The number of rotatable bonds is 5. The number of benzene rings is 2. The van der Waals surface area contributed by atoms with Crippen LogP contribution < -0.4 is 0 Å². The Kier molecular flexibility index (Phi) is 6.05. The third-order valence-electron chi connectivity index (χ3n) is 5.35. The molecule has 1 saturated heterocycles. The van der Waals surface area contributed by atoms with Crippen LogP contribution in [0.2, 0.25) is 0 Å². The standard InChI is InChI=1S/C24H27N3OS/c1-17-13-18(2)15-27(14-17)21(28)16-29-24-25-22(19-9-5-3-6-10-19)23(26-24)20-11-7-4-8-12-20/h3-12,17-18H,13-16H2,1-2H3,(H,25,26). The van der Waals surface area contributed by atoms with E-state index in [9.17, 15) is 4.79 Å². The first-order chi connectivity index (χ1) is 14.1. The van der Waals surface area contributed by atoms with Crippen LogP contribution >= 0.6 is 11.8 Å². The van der Waals surface area contributed by atoms with E-state index in [-0.39, 0.29) is 5.91 Å². The number of nitrogens with zero attached hydrogens (tertiary/aromatic N) is 2. The molecule has 2 heterocycles. The van der Waals surface area contributed by atoms with Crippen LogP contribution in [0.4, 0.5) is 0 Å². The highest BCUT2D eigenvalue weighted by atomic mass is 32.2. The van der Waals surface area contributed by atoms with Gasteiger partial charge in [-0.1, -0.05) is 86.3 Å². The summed E-state index contributed by atoms with van der Waals surface area (Å²) < 4.78 is 0. The second-order valence-electron chi connectivity index (χ2n) is 8.03. The number of hydrogen-bond donors (Lipinski definition) is 1. The average molecular weight is 406 g/mol. The Morgan fingerprint density at radius 1 is 1.00 bits per heavy atom. The van der Waals surface area contributed by atoms with E-state index in [1.54, 1.807) is 0 Å². The van der Waals surface area contributed by atoms with Crippen molar-refractivity contribution < 1.29 is 4.79 Å². The SMILES string of the molecule is CC1CC(C)CN(C(=O)CSc2nc(-c3ccccc3)c(-c3ccccc3)[nH]2)C1. The van der Waals surface area contributed by atoms with Crippen molar-refractivity contribution in [3.05, 3.63) is 60.7 Å². The molecule has 3 aromatic rings. The highest BCUT2D eigenvalue weighted by Gasteiger charge is 2.25. The first-order valence-electron chi connectivity index (χ1n) is 10.2. The van der Waals surface area contributed by atoms with Gasteiger partial charge in [0.1, 0.15) is 0 Å². The molecule has 4 nitrogen and oxygen atoms in total. The molecule has 4 rings (SSSR count). The van der Waals surface area contributed by atoms with Crippen molar-refractivity contribution in [1.82, 2.24) is 14.9 Å². The topological polar surface area (TPSA) is 49.0 Å². The van der Waals surface area contributed by atoms with E-state index in [0.717, 1.165) is 40.8 Å². The zero-order valence-corrected chi connectivity index (χ0v) is 17.8. The number of hydrogen-bond acceptors (Lipinski definition) is 3. The molecular weight excluding hydrogens is 378 g/mol. The smallest absolute Gasteiger partial charge is 0.233 e. The number of thioether (sulfide) groups is 1. The minimum Gasteiger partial charge on any atom is -0.341 e. The van der Waals surface area contributed by atoms with E-state index >= 15 is 0 Å². The maximum atomic E-state index is 12.8. The fourth-order valence-electron chi connectivity index (χ4n) is 4.13. The number of carbonyl (C=O) groups is 1. The minimum absolute atomic E-state index is 0.201. The zero-order chi connectivity index (χ0) is 20.2. The van der Waals surface area contributed by atoms with Crippen molar-refractivity contribution in [3.8, 4) is 22.5 Å². The van der Waals surface area contributed by atoms with Gasteiger partial charge in [-0.25, -0.2) is 4.98 Å². The number of aromatic nitrogens is 2. The largest absolute Gasteiger partial charge is 0.341 e. The maximum absolute atomic E-state index is 12.8. The summed E-state index contributed by atoms with van der Waals surface area (Å²) in [5, 5.41) is 0.786. The van der Waals surface area contributed by atoms with E-state index < -0.39 is 0 Å². The molecule has 29 heavy (non-hydrogen) atoms. The fraction of sp³-hybridized carbons (Fsp3) is 0.333. The summed E-state index contributed by atoms with van der Waals surface area (Å²) in [6.07, 6.45) is 1.20. The van der Waals surface area contributed by atoms with Crippen LogP contribution in [0, 0.1) is 11.8 Å². The van der Waals surface area contributed by atoms with Crippen LogP contribution in [-0.4, -0.2) is 39.6 Å². The average Bonchev–Trinajstić information content (AvgIpc) is 3.17. The molecule has 150 valence electrons. The summed E-state index contributed by atoms with van der Waals surface area (Å²) in [6.45, 7) is 6.20. The molecule has 2 unspecified atom stereocenters. The number of amides is 1. The minimum atomic E-state index is 0.201. The first kappa shape index (κ1) is 19.8. The van der Waals surface area contributed by atoms with E-state index in [1.165, 1.54) is 18.2 Å². The maximum Gasteiger partial charge on any atom is 0.233 e. The normalized spacial score (nSPS) is 19.3. The van der Waals surface area contributed by atoms with E-state index in [2.05, 4.69) is 43.1 Å². The molecule has 0 saturated carbocycles. The van der Waals surface area contributed by atoms with Gasteiger partial charge in [0.05, 0.1) is 17.1 Å². The number of imidazole rings is 1. The van der Waals surface area contributed by atoms with Crippen molar-refractivity contribution >= 4 is 17.7 Å². The predicted octanol–water partition coefficient (Wildman–Crippen LogP) is 5.34. The molecule has 1 aromatic heterocycles. The van der Waals surface area contributed by atoms with Gasteiger partial charge in [-0.3, -0.25) is 4.79 Å². The third-order valence-corrected chi connectivity index (χ3v) is 6.20. The molecule has 2 aromatic carbocycles. The summed E-state index contributed by atoms with van der Waals surface area (Å²) in [6, 6.07) is 20.4. The Labute approximate surface area is 176 Å². The predicted molar refractivity (Wildman–Crippen MR) is 120 cm³/mol. The van der Waals surface area contributed by atoms with Gasteiger partial charge in [-0.05, 0) is 18.3 Å². The Hall–Kier alpha value is -2.53. The van der Waals surface area contributed by atoms with Gasteiger partial charge in [-0.15, -0.1) is 0 Å². The van der Waals surface area contributed by atoms with Gasteiger partial charge < -0.3 is 9.88 Å². The third kappa shape index (κ3) is 4.73. The molecule has 0 radical (unpaired) electrons. The van der Waals surface area contributed by atoms with Crippen molar-refractivity contribution in [1.29, 1.82) is 0 Å². The number of H-pyrrole nitrogens is 1. The van der Waals surface area contributed by atoms with Crippen molar-refractivity contribution in [2.24, 2.45) is 11.8 Å². The van der Waals surface area contributed by atoms with Gasteiger partial charge in [-0.2, -0.15) is 0 Å². The molecule has 1 aliphatic heterocycles. The summed E-state index contributed by atoms with van der Waals surface area (Å²) >= 11 is 1.49. The monoisotopic (exact) mass is 405 g/mol. The van der Waals surface area contributed by atoms with Gasteiger partial charge >= 0.3 is 0 Å². The summed E-state index contributed by atoms with van der Waals surface area (Å²) in [4.78, 5) is 23.1. The lowest BCUT2D eigenvalue weighted by Gasteiger charge is -2.34. The Bertz CT molecular complexity index is 888. The highest BCUT2D eigenvalue weighted by Crippen LogP contribution is 2.32. The second kappa shape index (κ2) is 8.87. The fourth-order valence-corrected chi connectivity index (χ4v) is 4.90. The van der Waals surface area contributed by atoms with Crippen LogP contribution in [0.1, 0.15) is 20.3 Å². The molecule has 1 fully saturated rings. The quantitative estimate of drug-likeness (QED) is 0.583. The molecule has 1 N–H and O–H groups in total. The molecule has 5 heteroatoms. The van der Waals surface area contributed by atoms with Crippen LogP contribution in [0.3, 0.4) is 0 Å². The van der Waals surface area contributed by atoms with E-state index in [0.29, 0.717) is 17.6 Å². The van der Waals surface area contributed by atoms with E-state index in [4.69, 9.17) is 4.98 Å². The lowest BCUT2D eigenvalue weighted by Crippen LogP contribution is -2.43. The Morgan fingerprint density at radius 3 is 2.21 bits per heavy atom. The lowest BCUT2D eigenvalue weighted by atomic mass is 9.92. The molecule has 0 spiro atoms. The van der Waals surface area contributed by atoms with Crippen LogP contribution in [0.5, 0.6) is 0 Å². The number of aromatic amines is 1. The number of piperidine rings is 1. The van der Waals surface area contributed by atoms with Crippen molar-refractivity contribution in [2.45, 2.75) is 25.4 Å². The number of likely N-dealkylation sites (tertiary alicyclic amines) is 1. The molecule has 0 bridgehead atoms. The highest BCUT2D eigenvalue weighted by molar-refractivity contribution is 7.99. The lowest BCUT2D eigenvalue weighted by molar-refractivity contribution is -0.130. The molecule has 0 aliphatic carbocycles.